The van der Waals surface area contributed by atoms with Gasteiger partial charge in [-0.3, -0.25) is 4.79 Å². The Labute approximate surface area is 174 Å². The van der Waals surface area contributed by atoms with Gasteiger partial charge in [-0.2, -0.15) is 0 Å². The first-order chi connectivity index (χ1) is 12.1. The van der Waals surface area contributed by atoms with E-state index < -0.39 is 17.9 Å². The monoisotopic (exact) mass is 358 g/mol. The minimum Gasteiger partial charge on any atom is -0.548 e. The number of para-hydroxylation sites is 1. The van der Waals surface area contributed by atoms with E-state index in [1.54, 1.807) is 13.1 Å². The summed E-state index contributed by atoms with van der Waals surface area (Å²) in [6.45, 7) is 1.75. The van der Waals surface area contributed by atoms with Crippen LogP contribution in [0.5, 0.6) is 0 Å². The summed E-state index contributed by atoms with van der Waals surface area (Å²) in [6.07, 6.45) is 1.94. The number of nitrogens with one attached hydrogen (secondary N) is 2. The summed E-state index contributed by atoms with van der Waals surface area (Å²) in [5.41, 5.74) is 2.60. The van der Waals surface area contributed by atoms with Gasteiger partial charge in [0, 0.05) is 23.5 Å². The van der Waals surface area contributed by atoms with Crippen molar-refractivity contribution < 1.29 is 44.3 Å². The molecule has 2 N–H and O–H groups in total. The Morgan fingerprint density at radius 3 is 2.42 bits per heavy atom. The van der Waals surface area contributed by atoms with Crippen LogP contribution in [0.4, 0.5) is 0 Å². The Balaban J connectivity index is 0.00000243. The number of amides is 1. The first-order valence-electron chi connectivity index (χ1n) is 8.17. The quantitative estimate of drug-likeness (QED) is 0.540. The molecule has 0 aliphatic heterocycles. The molecule has 0 saturated heterocycles. The van der Waals surface area contributed by atoms with Crippen molar-refractivity contribution in [3.8, 4) is 0 Å². The van der Waals surface area contributed by atoms with Gasteiger partial charge in [-0.15, -0.1) is 0 Å². The fourth-order valence-electron chi connectivity index (χ4n) is 2.90. The maximum Gasteiger partial charge on any atom is 1.00 e. The van der Waals surface area contributed by atoms with Gasteiger partial charge in [0.1, 0.15) is 0 Å². The Hall–Kier alpha value is -2.08. The molecular weight excluding hydrogens is 339 g/mol. The van der Waals surface area contributed by atoms with E-state index in [0.29, 0.717) is 0 Å². The van der Waals surface area contributed by atoms with Gasteiger partial charge in [0.05, 0.1) is 17.9 Å². The molecule has 1 amide bonds. The van der Waals surface area contributed by atoms with E-state index in [9.17, 15) is 14.7 Å². The van der Waals surface area contributed by atoms with Crippen LogP contribution >= 0.6 is 0 Å². The maximum atomic E-state index is 12.4. The first-order valence-corrected chi connectivity index (χ1v) is 8.17. The third-order valence-corrected chi connectivity index (χ3v) is 4.39. The maximum absolute atomic E-state index is 12.4. The second-order valence-corrected chi connectivity index (χ2v) is 6.08. The molecule has 1 unspecified atom stereocenters. The molecule has 0 aliphatic carbocycles. The third kappa shape index (κ3) is 4.55. The number of hydrogen-bond acceptors (Lipinski definition) is 3. The minimum absolute atomic E-state index is 0. The summed E-state index contributed by atoms with van der Waals surface area (Å²) in [5, 5.41) is 15.1. The fourth-order valence-corrected chi connectivity index (χ4v) is 2.90. The number of carboxylic acids is 1. The Bertz CT molecular complexity index is 892. The number of aromatic nitrogens is 1. The number of fused-ring (bicyclic) bond motifs is 1. The Morgan fingerprint density at radius 1 is 1.08 bits per heavy atom. The number of carboxylic acid groups (broad SMARTS) is 1. The summed E-state index contributed by atoms with van der Waals surface area (Å²) < 4.78 is 0. The molecule has 0 saturated carbocycles. The number of aromatic amines is 1. The van der Waals surface area contributed by atoms with Gasteiger partial charge in [-0.25, -0.2) is 0 Å². The van der Waals surface area contributed by atoms with E-state index in [1.165, 1.54) is 0 Å². The first kappa shape index (κ1) is 20.2. The summed E-state index contributed by atoms with van der Waals surface area (Å²) in [6, 6.07) is 15.8. The van der Waals surface area contributed by atoms with Crippen molar-refractivity contribution in [2.75, 3.05) is 0 Å². The van der Waals surface area contributed by atoms with Crippen LogP contribution in [0.3, 0.4) is 0 Å². The molecule has 2 atom stereocenters. The second-order valence-electron chi connectivity index (χ2n) is 6.08. The number of hydrogen-bond donors (Lipinski definition) is 2. The van der Waals surface area contributed by atoms with Crippen molar-refractivity contribution in [2.45, 2.75) is 25.3 Å². The SMILES string of the molecule is CC(C(=O)N[C@@H](Cc1c[nH]c2ccccc12)C(=O)[O-])c1ccccc1.[Na+]. The van der Waals surface area contributed by atoms with Crippen LogP contribution in [0.2, 0.25) is 0 Å². The van der Waals surface area contributed by atoms with Crippen LogP contribution in [0, 0.1) is 0 Å². The van der Waals surface area contributed by atoms with Crippen molar-refractivity contribution in [1.29, 1.82) is 0 Å². The van der Waals surface area contributed by atoms with Crippen molar-refractivity contribution in [1.82, 2.24) is 10.3 Å². The van der Waals surface area contributed by atoms with E-state index >= 15 is 0 Å². The smallest absolute Gasteiger partial charge is 0.548 e. The van der Waals surface area contributed by atoms with Crippen molar-refractivity contribution >= 4 is 22.8 Å². The van der Waals surface area contributed by atoms with Crippen LogP contribution < -0.4 is 40.0 Å². The number of carbonyl (C=O) groups excluding carboxylic acids is 2. The summed E-state index contributed by atoms with van der Waals surface area (Å²) >= 11 is 0. The average Bonchev–Trinajstić information content (AvgIpc) is 3.04. The predicted octanol–water partition coefficient (Wildman–Crippen LogP) is -1.25. The van der Waals surface area contributed by atoms with Crippen LogP contribution in [-0.4, -0.2) is 22.9 Å². The Morgan fingerprint density at radius 2 is 1.73 bits per heavy atom. The molecule has 2 aromatic carbocycles. The molecule has 0 fully saturated rings. The van der Waals surface area contributed by atoms with Crippen molar-refractivity contribution in [3.63, 3.8) is 0 Å². The summed E-state index contributed by atoms with van der Waals surface area (Å²) in [7, 11) is 0. The number of H-pyrrole nitrogens is 1. The molecule has 5 nitrogen and oxygen atoms in total. The molecule has 26 heavy (non-hydrogen) atoms. The molecule has 3 rings (SSSR count). The zero-order valence-corrected chi connectivity index (χ0v) is 16.9. The number of aliphatic carboxylic acids is 1. The van der Waals surface area contributed by atoms with Gasteiger partial charge in [-0.05, 0) is 24.1 Å². The molecule has 0 radical (unpaired) electrons. The molecular formula is C20H19N2NaO3. The Kier molecular flexibility index (Phi) is 7.03. The standard InChI is InChI=1S/C20H20N2O3.Na/c1-13(14-7-3-2-4-8-14)19(23)22-18(20(24)25)11-15-12-21-17-10-6-5-9-16(15)17;/h2-10,12-13,18,21H,11H2,1H3,(H,22,23)(H,24,25);/q;+1/p-1/t13?,18-;/m0./s1. The van der Waals surface area contributed by atoms with E-state index in [2.05, 4.69) is 10.3 Å². The molecule has 128 valence electrons. The van der Waals surface area contributed by atoms with E-state index in [0.717, 1.165) is 22.0 Å². The molecule has 0 aliphatic rings. The largest absolute Gasteiger partial charge is 1.00 e. The zero-order chi connectivity index (χ0) is 17.8. The summed E-state index contributed by atoms with van der Waals surface area (Å²) in [5.74, 6) is -2.06. The molecule has 1 heterocycles. The molecule has 1 aromatic heterocycles. The van der Waals surface area contributed by atoms with Crippen LogP contribution in [0.1, 0.15) is 24.0 Å². The van der Waals surface area contributed by atoms with Crippen LogP contribution in [-0.2, 0) is 16.0 Å². The molecule has 0 bridgehead atoms. The number of carbonyl (C=O) groups is 2. The van der Waals surface area contributed by atoms with Gasteiger partial charge in [0.2, 0.25) is 5.91 Å². The van der Waals surface area contributed by atoms with Crippen LogP contribution in [0.25, 0.3) is 10.9 Å². The van der Waals surface area contributed by atoms with Gasteiger partial charge in [0.25, 0.3) is 0 Å². The predicted molar refractivity (Wildman–Crippen MR) is 93.8 cm³/mol. The average molecular weight is 358 g/mol. The molecule has 6 heteroatoms. The zero-order valence-electron chi connectivity index (χ0n) is 14.9. The van der Waals surface area contributed by atoms with Gasteiger partial charge < -0.3 is 20.2 Å². The van der Waals surface area contributed by atoms with Crippen molar-refractivity contribution in [2.24, 2.45) is 0 Å². The number of benzene rings is 2. The molecule has 3 aromatic rings. The second kappa shape index (κ2) is 9.03. The third-order valence-electron chi connectivity index (χ3n) is 4.39. The minimum atomic E-state index is -1.29. The van der Waals surface area contributed by atoms with Gasteiger partial charge in [-0.1, -0.05) is 48.5 Å². The van der Waals surface area contributed by atoms with E-state index in [4.69, 9.17) is 0 Å². The van der Waals surface area contributed by atoms with Crippen LogP contribution in [0.15, 0.2) is 60.8 Å². The van der Waals surface area contributed by atoms with E-state index in [1.807, 2.05) is 54.6 Å². The van der Waals surface area contributed by atoms with E-state index in [-0.39, 0.29) is 41.9 Å². The number of rotatable bonds is 6. The van der Waals surface area contributed by atoms with Gasteiger partial charge in [0.15, 0.2) is 0 Å². The summed E-state index contributed by atoms with van der Waals surface area (Å²) in [4.78, 5) is 27.1. The van der Waals surface area contributed by atoms with Gasteiger partial charge >= 0.3 is 29.6 Å². The fraction of sp³-hybridized carbons (Fsp3) is 0.200. The topological polar surface area (TPSA) is 85.0 Å². The normalized spacial score (nSPS) is 12.8. The van der Waals surface area contributed by atoms with Crippen molar-refractivity contribution in [3.05, 3.63) is 71.9 Å². The molecule has 0 spiro atoms.